The van der Waals surface area contributed by atoms with Gasteiger partial charge in [-0.25, -0.2) is 4.39 Å². The Kier molecular flexibility index (Phi) is 4.92. The Morgan fingerprint density at radius 1 is 1.30 bits per heavy atom. The maximum Gasteiger partial charge on any atom is 0.126 e. The van der Waals surface area contributed by atoms with Crippen LogP contribution in [-0.2, 0) is 0 Å². The summed E-state index contributed by atoms with van der Waals surface area (Å²) in [5, 5.41) is 4.16. The van der Waals surface area contributed by atoms with Gasteiger partial charge in [0, 0.05) is 35.4 Å². The van der Waals surface area contributed by atoms with E-state index in [0.29, 0.717) is 11.1 Å². The third kappa shape index (κ3) is 3.09. The molecule has 1 aliphatic heterocycles. The molecule has 2 nitrogen and oxygen atoms in total. The van der Waals surface area contributed by atoms with Crippen LogP contribution in [0.15, 0.2) is 18.2 Å². The summed E-state index contributed by atoms with van der Waals surface area (Å²) < 4.78 is 13.6. The highest BCUT2D eigenvalue weighted by Gasteiger charge is 2.36. The Hall–Kier alpha value is -0.800. The first-order chi connectivity index (χ1) is 9.53. The van der Waals surface area contributed by atoms with Crippen LogP contribution in [0.5, 0.6) is 0 Å². The number of piperazine rings is 1. The van der Waals surface area contributed by atoms with Crippen molar-refractivity contribution in [1.82, 2.24) is 5.32 Å². The fourth-order valence-electron chi connectivity index (χ4n) is 3.05. The Bertz CT molecular complexity index is 440. The molecule has 1 aliphatic rings. The molecule has 0 radical (unpaired) electrons. The Morgan fingerprint density at radius 3 is 2.55 bits per heavy atom. The molecule has 4 heteroatoms. The van der Waals surface area contributed by atoms with E-state index >= 15 is 0 Å². The second-order valence-corrected chi connectivity index (χ2v) is 6.12. The number of benzene rings is 1. The van der Waals surface area contributed by atoms with Crippen LogP contribution in [0.2, 0.25) is 5.02 Å². The zero-order valence-corrected chi connectivity index (χ0v) is 13.3. The van der Waals surface area contributed by atoms with Gasteiger partial charge >= 0.3 is 0 Å². The molecule has 112 valence electrons. The summed E-state index contributed by atoms with van der Waals surface area (Å²) in [4.78, 5) is 2.32. The predicted molar refractivity (Wildman–Crippen MR) is 84.2 cm³/mol. The van der Waals surface area contributed by atoms with Gasteiger partial charge in [-0.3, -0.25) is 0 Å². The van der Waals surface area contributed by atoms with Crippen molar-refractivity contribution in [3.05, 3.63) is 29.0 Å². The Balaban J connectivity index is 2.33. The number of nitrogens with zero attached hydrogens (tertiary/aromatic N) is 1. The predicted octanol–water partition coefficient (Wildman–Crippen LogP) is 4.23. The topological polar surface area (TPSA) is 15.3 Å². The van der Waals surface area contributed by atoms with Gasteiger partial charge in [0.05, 0.1) is 0 Å². The van der Waals surface area contributed by atoms with Crippen molar-refractivity contribution in [1.29, 1.82) is 0 Å². The fourth-order valence-corrected chi connectivity index (χ4v) is 3.27. The summed E-state index contributed by atoms with van der Waals surface area (Å²) in [5.74, 6) is -0.264. The van der Waals surface area contributed by atoms with Gasteiger partial charge in [-0.15, -0.1) is 0 Å². The molecule has 1 atom stereocenters. The van der Waals surface area contributed by atoms with Gasteiger partial charge in [0.2, 0.25) is 0 Å². The molecule has 1 fully saturated rings. The normalized spacial score (nSPS) is 22.1. The molecule has 2 rings (SSSR count). The highest BCUT2D eigenvalue weighted by molar-refractivity contribution is 6.30. The first kappa shape index (κ1) is 15.6. The van der Waals surface area contributed by atoms with Gasteiger partial charge < -0.3 is 10.2 Å². The van der Waals surface area contributed by atoms with Gasteiger partial charge in [0.15, 0.2) is 0 Å². The van der Waals surface area contributed by atoms with Crippen molar-refractivity contribution < 1.29 is 4.39 Å². The van der Waals surface area contributed by atoms with Gasteiger partial charge in [-0.2, -0.15) is 0 Å². The van der Waals surface area contributed by atoms with Crippen LogP contribution >= 0.6 is 11.6 Å². The number of hydrogen-bond acceptors (Lipinski definition) is 2. The number of hydrogen-bond donors (Lipinski definition) is 1. The lowest BCUT2D eigenvalue weighted by atomic mass is 9.87. The van der Waals surface area contributed by atoms with E-state index in [1.807, 2.05) is 6.07 Å². The van der Waals surface area contributed by atoms with Gasteiger partial charge in [0.25, 0.3) is 0 Å². The number of nitrogens with one attached hydrogen (secondary N) is 1. The third-order valence-corrected chi connectivity index (χ3v) is 4.85. The standard InChI is InChI=1S/C16H24ClFN2/c1-4-14-10-19-16(5-2,6-3)11-20(14)15-8-12(17)7-13(18)9-15/h7-9,14,19H,4-6,10-11H2,1-3H3. The zero-order chi connectivity index (χ0) is 14.8. The van der Waals surface area contributed by atoms with E-state index in [4.69, 9.17) is 11.6 Å². The lowest BCUT2D eigenvalue weighted by Crippen LogP contribution is -2.64. The molecular weight excluding hydrogens is 275 g/mol. The number of anilines is 1. The minimum absolute atomic E-state index is 0.116. The van der Waals surface area contributed by atoms with Crippen LogP contribution < -0.4 is 10.2 Å². The van der Waals surface area contributed by atoms with Crippen molar-refractivity contribution in [3.8, 4) is 0 Å². The van der Waals surface area contributed by atoms with E-state index in [1.54, 1.807) is 6.07 Å². The molecule has 20 heavy (non-hydrogen) atoms. The monoisotopic (exact) mass is 298 g/mol. The van der Waals surface area contributed by atoms with Crippen molar-refractivity contribution >= 4 is 17.3 Å². The highest BCUT2D eigenvalue weighted by atomic mass is 35.5. The lowest BCUT2D eigenvalue weighted by Gasteiger charge is -2.48. The van der Waals surface area contributed by atoms with Gasteiger partial charge in [-0.05, 0) is 37.5 Å². The van der Waals surface area contributed by atoms with Crippen LogP contribution in [0.25, 0.3) is 0 Å². The van der Waals surface area contributed by atoms with E-state index < -0.39 is 0 Å². The smallest absolute Gasteiger partial charge is 0.126 e. The minimum Gasteiger partial charge on any atom is -0.365 e. The summed E-state index contributed by atoms with van der Waals surface area (Å²) in [6.45, 7) is 8.43. The van der Waals surface area contributed by atoms with E-state index in [2.05, 4.69) is 31.0 Å². The molecule has 1 saturated heterocycles. The summed E-state index contributed by atoms with van der Waals surface area (Å²) >= 11 is 6.02. The summed E-state index contributed by atoms with van der Waals surface area (Å²) in [6.07, 6.45) is 3.17. The van der Waals surface area contributed by atoms with Crippen molar-refractivity contribution in [2.75, 3.05) is 18.0 Å². The second-order valence-electron chi connectivity index (χ2n) is 5.69. The number of halogens is 2. The van der Waals surface area contributed by atoms with E-state index in [1.165, 1.54) is 6.07 Å². The maximum absolute atomic E-state index is 13.6. The molecule has 0 spiro atoms. The second kappa shape index (κ2) is 6.31. The largest absolute Gasteiger partial charge is 0.365 e. The van der Waals surface area contributed by atoms with Crippen LogP contribution in [0.1, 0.15) is 40.0 Å². The average Bonchev–Trinajstić information content (AvgIpc) is 2.45. The molecule has 0 aromatic heterocycles. The van der Waals surface area contributed by atoms with Crippen LogP contribution in [0.3, 0.4) is 0 Å². The highest BCUT2D eigenvalue weighted by Crippen LogP contribution is 2.30. The fraction of sp³-hybridized carbons (Fsp3) is 0.625. The summed E-state index contributed by atoms with van der Waals surface area (Å²) in [6, 6.07) is 5.21. The zero-order valence-electron chi connectivity index (χ0n) is 12.5. The van der Waals surface area contributed by atoms with E-state index in [0.717, 1.165) is 38.0 Å². The SMILES string of the molecule is CCC1CNC(CC)(CC)CN1c1cc(F)cc(Cl)c1. The maximum atomic E-state index is 13.6. The molecule has 1 aromatic rings. The summed E-state index contributed by atoms with van der Waals surface area (Å²) in [7, 11) is 0. The van der Waals surface area contributed by atoms with Crippen LogP contribution in [-0.4, -0.2) is 24.7 Å². The van der Waals surface area contributed by atoms with Gasteiger partial charge in [-0.1, -0.05) is 32.4 Å². The molecule has 1 aromatic carbocycles. The van der Waals surface area contributed by atoms with Crippen LogP contribution in [0, 0.1) is 5.82 Å². The molecule has 0 saturated carbocycles. The Morgan fingerprint density at radius 2 is 2.00 bits per heavy atom. The molecule has 0 aliphatic carbocycles. The first-order valence-electron chi connectivity index (χ1n) is 7.51. The summed E-state index contributed by atoms with van der Waals surface area (Å²) in [5.41, 5.74) is 1.01. The molecule has 1 unspecified atom stereocenters. The molecular formula is C16H24ClFN2. The number of rotatable bonds is 4. The molecule has 1 heterocycles. The quantitative estimate of drug-likeness (QED) is 0.895. The van der Waals surface area contributed by atoms with Crippen LogP contribution in [0.4, 0.5) is 10.1 Å². The lowest BCUT2D eigenvalue weighted by molar-refractivity contribution is 0.246. The van der Waals surface area contributed by atoms with E-state index in [-0.39, 0.29) is 11.4 Å². The Labute approximate surface area is 126 Å². The van der Waals surface area contributed by atoms with Crippen molar-refractivity contribution in [2.45, 2.75) is 51.6 Å². The minimum atomic E-state index is -0.264. The first-order valence-corrected chi connectivity index (χ1v) is 7.89. The van der Waals surface area contributed by atoms with Crippen molar-refractivity contribution in [3.63, 3.8) is 0 Å². The molecule has 0 amide bonds. The van der Waals surface area contributed by atoms with Gasteiger partial charge in [0.1, 0.15) is 5.82 Å². The van der Waals surface area contributed by atoms with E-state index in [9.17, 15) is 4.39 Å². The molecule has 1 N–H and O–H groups in total. The van der Waals surface area contributed by atoms with Crippen molar-refractivity contribution in [2.24, 2.45) is 0 Å². The third-order valence-electron chi connectivity index (χ3n) is 4.63. The molecule has 0 bridgehead atoms. The average molecular weight is 299 g/mol.